The van der Waals surface area contributed by atoms with Crippen LogP contribution in [0.2, 0.25) is 0 Å². The summed E-state index contributed by atoms with van der Waals surface area (Å²) in [6.45, 7) is 4.06. The second-order valence-corrected chi connectivity index (χ2v) is 6.77. The van der Waals surface area contributed by atoms with Crippen molar-refractivity contribution >= 4 is 17.3 Å². The molecule has 3 aromatic rings. The van der Waals surface area contributed by atoms with E-state index >= 15 is 0 Å². The molecule has 0 saturated carbocycles. The number of rotatable bonds is 3. The van der Waals surface area contributed by atoms with E-state index in [1.54, 1.807) is 0 Å². The smallest absolute Gasteiger partial charge is 0.163 e. The molecule has 0 bridgehead atoms. The van der Waals surface area contributed by atoms with Crippen molar-refractivity contribution in [1.82, 2.24) is 0 Å². The molecule has 9 heteroatoms. The second-order valence-electron chi connectivity index (χ2n) is 6.77. The normalized spacial score (nSPS) is 9.55. The Balaban J connectivity index is 0.000000247. The number of carbonyl (C=O) groups excluding carboxylic acids is 3. The van der Waals surface area contributed by atoms with Gasteiger partial charge in [0.25, 0.3) is 0 Å². The minimum atomic E-state index is -0.220. The Morgan fingerprint density at radius 1 is 0.455 bits per heavy atom. The molecule has 0 aliphatic heterocycles. The maximum absolute atomic E-state index is 10.7. The Labute approximate surface area is 189 Å². The SMILES string of the molecule is CC(=O)c1ccc(O)cc1O.CC(=O)c1ccc(O)cc1O.CC(=O)c1ccc(O)cc1O. The molecule has 3 aromatic carbocycles. The zero-order valence-electron chi connectivity index (χ0n) is 18.1. The molecule has 0 aliphatic rings. The van der Waals surface area contributed by atoms with Crippen LogP contribution in [0.3, 0.4) is 0 Å². The van der Waals surface area contributed by atoms with Gasteiger partial charge in [-0.25, -0.2) is 0 Å². The summed E-state index contributed by atoms with van der Waals surface area (Å²) in [6.07, 6.45) is 0. The predicted octanol–water partition coefficient (Wildman–Crippen LogP) is 3.90. The van der Waals surface area contributed by atoms with Crippen LogP contribution in [0, 0.1) is 0 Å². The lowest BCUT2D eigenvalue weighted by Crippen LogP contribution is -1.91. The molecule has 6 N–H and O–H groups in total. The molecule has 3 rings (SSSR count). The molecular formula is C24H24O9. The van der Waals surface area contributed by atoms with Crippen LogP contribution in [0.5, 0.6) is 34.5 Å². The summed E-state index contributed by atoms with van der Waals surface area (Å²) in [6, 6.07) is 11.6. The zero-order chi connectivity index (χ0) is 25.3. The van der Waals surface area contributed by atoms with Crippen molar-refractivity contribution in [1.29, 1.82) is 0 Å². The number of aromatic hydroxyl groups is 6. The first kappa shape index (κ1) is 26.5. The summed E-state index contributed by atoms with van der Waals surface area (Å²) in [5.41, 5.74) is 0.674. The minimum Gasteiger partial charge on any atom is -0.508 e. The molecule has 0 amide bonds. The van der Waals surface area contributed by atoms with Crippen molar-refractivity contribution in [2.45, 2.75) is 20.8 Å². The highest BCUT2D eigenvalue weighted by atomic mass is 16.3. The van der Waals surface area contributed by atoms with E-state index in [1.807, 2.05) is 0 Å². The summed E-state index contributed by atoms with van der Waals surface area (Å²) in [4.78, 5) is 32.2. The monoisotopic (exact) mass is 456 g/mol. The van der Waals surface area contributed by atoms with Crippen molar-refractivity contribution in [2.24, 2.45) is 0 Å². The summed E-state index contributed by atoms with van der Waals surface area (Å²) in [7, 11) is 0. The van der Waals surface area contributed by atoms with Gasteiger partial charge in [-0.05, 0) is 57.2 Å². The molecule has 0 spiro atoms. The van der Waals surface area contributed by atoms with Crippen LogP contribution >= 0.6 is 0 Å². The summed E-state index contributed by atoms with van der Waals surface area (Å²) >= 11 is 0. The second kappa shape index (κ2) is 11.8. The summed E-state index contributed by atoms with van der Waals surface area (Å²) in [5, 5.41) is 53.8. The first-order chi connectivity index (χ1) is 15.3. The average molecular weight is 456 g/mol. The fourth-order valence-corrected chi connectivity index (χ4v) is 2.45. The van der Waals surface area contributed by atoms with Crippen molar-refractivity contribution in [3.63, 3.8) is 0 Å². The quantitative estimate of drug-likeness (QED) is 0.320. The lowest BCUT2D eigenvalue weighted by atomic mass is 10.1. The number of ketones is 3. The molecule has 33 heavy (non-hydrogen) atoms. The standard InChI is InChI=1S/3C8H8O3/c3*1-5(9)7-3-2-6(10)4-8(7)11/h3*2-4,10-11H,1H3. The van der Waals surface area contributed by atoms with E-state index in [0.29, 0.717) is 0 Å². The van der Waals surface area contributed by atoms with Gasteiger partial charge in [0.2, 0.25) is 0 Å². The van der Waals surface area contributed by atoms with Crippen LogP contribution in [-0.2, 0) is 0 Å². The van der Waals surface area contributed by atoms with E-state index in [4.69, 9.17) is 30.6 Å². The molecule has 0 unspecified atom stereocenters. The topological polar surface area (TPSA) is 173 Å². The van der Waals surface area contributed by atoms with E-state index in [-0.39, 0.29) is 68.5 Å². The summed E-state index contributed by atoms with van der Waals surface area (Å²) in [5.74, 6) is -1.35. The molecule has 0 saturated heterocycles. The van der Waals surface area contributed by atoms with Crippen LogP contribution in [0.25, 0.3) is 0 Å². The molecular weight excluding hydrogens is 432 g/mol. The van der Waals surface area contributed by atoms with Crippen LogP contribution in [0.4, 0.5) is 0 Å². The third kappa shape index (κ3) is 8.25. The summed E-state index contributed by atoms with van der Waals surface area (Å²) < 4.78 is 0. The van der Waals surface area contributed by atoms with Crippen molar-refractivity contribution in [3.05, 3.63) is 71.3 Å². The average Bonchev–Trinajstić information content (AvgIpc) is 2.68. The fraction of sp³-hybridized carbons (Fsp3) is 0.125. The third-order valence-electron chi connectivity index (χ3n) is 4.08. The molecule has 0 aromatic heterocycles. The lowest BCUT2D eigenvalue weighted by Gasteiger charge is -1.99. The Hall–Kier alpha value is -4.53. The van der Waals surface area contributed by atoms with Gasteiger partial charge < -0.3 is 30.6 Å². The number of hydrogen-bond acceptors (Lipinski definition) is 9. The van der Waals surface area contributed by atoms with Gasteiger partial charge in [0.05, 0.1) is 16.7 Å². The van der Waals surface area contributed by atoms with E-state index in [9.17, 15) is 14.4 Å². The zero-order valence-corrected chi connectivity index (χ0v) is 18.1. The highest BCUT2D eigenvalue weighted by Gasteiger charge is 2.07. The van der Waals surface area contributed by atoms with E-state index in [1.165, 1.54) is 57.2 Å². The predicted molar refractivity (Wildman–Crippen MR) is 119 cm³/mol. The fourth-order valence-electron chi connectivity index (χ4n) is 2.45. The van der Waals surface area contributed by atoms with Crippen molar-refractivity contribution in [3.8, 4) is 34.5 Å². The van der Waals surface area contributed by atoms with Gasteiger partial charge in [-0.2, -0.15) is 0 Å². The number of phenolic OH excluding ortho intramolecular Hbond substituents is 6. The maximum Gasteiger partial charge on any atom is 0.163 e. The maximum atomic E-state index is 10.7. The van der Waals surface area contributed by atoms with Gasteiger partial charge in [-0.1, -0.05) is 0 Å². The van der Waals surface area contributed by atoms with Gasteiger partial charge in [0.15, 0.2) is 17.3 Å². The Morgan fingerprint density at radius 3 is 0.818 bits per heavy atom. The van der Waals surface area contributed by atoms with E-state index < -0.39 is 0 Å². The first-order valence-electron chi connectivity index (χ1n) is 9.42. The number of Topliss-reactive ketones (excluding diaryl/α,β-unsaturated/α-hetero) is 3. The molecule has 0 heterocycles. The molecule has 0 atom stereocenters. The molecule has 0 fully saturated rings. The molecule has 9 nitrogen and oxygen atoms in total. The van der Waals surface area contributed by atoms with Gasteiger partial charge in [-0.3, -0.25) is 14.4 Å². The van der Waals surface area contributed by atoms with Crippen molar-refractivity contribution < 1.29 is 45.0 Å². The molecule has 0 aliphatic carbocycles. The first-order valence-corrected chi connectivity index (χ1v) is 9.42. The molecule has 174 valence electrons. The van der Waals surface area contributed by atoms with E-state index in [0.717, 1.165) is 18.2 Å². The number of hydrogen-bond donors (Lipinski definition) is 6. The number of phenols is 6. The minimum absolute atomic E-state index is 0.0486. The van der Waals surface area contributed by atoms with Gasteiger partial charge in [-0.15, -0.1) is 0 Å². The van der Waals surface area contributed by atoms with Gasteiger partial charge >= 0.3 is 0 Å². The lowest BCUT2D eigenvalue weighted by molar-refractivity contribution is 0.100. The highest BCUT2D eigenvalue weighted by Crippen LogP contribution is 2.24. The Kier molecular flexibility index (Phi) is 9.44. The van der Waals surface area contributed by atoms with Crippen LogP contribution in [0.1, 0.15) is 51.8 Å². The van der Waals surface area contributed by atoms with Gasteiger partial charge in [0.1, 0.15) is 34.5 Å². The van der Waals surface area contributed by atoms with E-state index in [2.05, 4.69) is 0 Å². The Bertz CT molecular complexity index is 1020. The number of benzene rings is 3. The Morgan fingerprint density at radius 2 is 0.667 bits per heavy atom. The largest absolute Gasteiger partial charge is 0.508 e. The van der Waals surface area contributed by atoms with Crippen LogP contribution in [0.15, 0.2) is 54.6 Å². The molecule has 0 radical (unpaired) electrons. The van der Waals surface area contributed by atoms with Crippen LogP contribution in [-0.4, -0.2) is 48.0 Å². The third-order valence-corrected chi connectivity index (χ3v) is 4.08. The van der Waals surface area contributed by atoms with Crippen LogP contribution < -0.4 is 0 Å². The number of carbonyl (C=O) groups is 3. The highest BCUT2D eigenvalue weighted by molar-refractivity contribution is 5.97. The van der Waals surface area contributed by atoms with Gasteiger partial charge in [0, 0.05) is 18.2 Å². The van der Waals surface area contributed by atoms with Crippen molar-refractivity contribution in [2.75, 3.05) is 0 Å².